The van der Waals surface area contributed by atoms with Crippen LogP contribution in [0, 0.1) is 0 Å². The predicted octanol–water partition coefficient (Wildman–Crippen LogP) is 2.96. The molecule has 0 radical (unpaired) electrons. The summed E-state index contributed by atoms with van der Waals surface area (Å²) in [6, 6.07) is 7.09. The van der Waals surface area contributed by atoms with Gasteiger partial charge in [0.2, 0.25) is 5.95 Å². The average molecular weight is 487 g/mol. The molecule has 4 rings (SSSR count). The number of urea groups is 1. The molecule has 0 saturated carbocycles. The number of nitrogens with zero attached hydrogens (tertiary/aromatic N) is 4. The van der Waals surface area contributed by atoms with Gasteiger partial charge in [0.1, 0.15) is 5.82 Å². The maximum Gasteiger partial charge on any atom is 0.321 e. The molecule has 1 aromatic carbocycles. The number of aromatic nitrogens is 4. The summed E-state index contributed by atoms with van der Waals surface area (Å²) < 4.78 is 0.761. The number of benzene rings is 1. The SMILES string of the molecule is O=C(Nc1cccc(Nc2ncc(Br)c(NCCc3cnc[nH]3)n2)c1)N1CC[C@@H](O)C1. The van der Waals surface area contributed by atoms with E-state index in [0.717, 1.165) is 22.3 Å². The van der Waals surface area contributed by atoms with E-state index in [1.165, 1.54) is 0 Å². The second kappa shape index (κ2) is 9.75. The zero-order valence-corrected chi connectivity index (χ0v) is 18.3. The van der Waals surface area contributed by atoms with Crippen molar-refractivity contribution in [1.82, 2.24) is 24.8 Å². The minimum atomic E-state index is -0.449. The van der Waals surface area contributed by atoms with Crippen LogP contribution in [0.5, 0.6) is 0 Å². The number of carbonyl (C=O) groups excluding carboxylic acids is 1. The second-order valence-electron chi connectivity index (χ2n) is 7.17. The van der Waals surface area contributed by atoms with Gasteiger partial charge in [0.05, 0.1) is 16.9 Å². The van der Waals surface area contributed by atoms with E-state index in [-0.39, 0.29) is 6.03 Å². The summed E-state index contributed by atoms with van der Waals surface area (Å²) in [6.07, 6.45) is 6.07. The van der Waals surface area contributed by atoms with E-state index in [1.54, 1.807) is 35.8 Å². The highest BCUT2D eigenvalue weighted by molar-refractivity contribution is 9.10. The number of aliphatic hydroxyl groups excluding tert-OH is 1. The van der Waals surface area contributed by atoms with Crippen LogP contribution < -0.4 is 16.0 Å². The van der Waals surface area contributed by atoms with Gasteiger partial charge in [0, 0.05) is 55.5 Å². The van der Waals surface area contributed by atoms with E-state index in [2.05, 4.69) is 51.8 Å². The Morgan fingerprint density at radius 2 is 2.19 bits per heavy atom. The Morgan fingerprint density at radius 3 is 2.97 bits per heavy atom. The number of β-amino-alcohol motifs (C(OH)–C–C–N with tert-alkyl or cyclic N) is 1. The van der Waals surface area contributed by atoms with Crippen LogP contribution in [0.25, 0.3) is 0 Å². The van der Waals surface area contributed by atoms with E-state index in [4.69, 9.17) is 0 Å². The van der Waals surface area contributed by atoms with Crippen molar-refractivity contribution in [2.45, 2.75) is 18.9 Å². The highest BCUT2D eigenvalue weighted by Crippen LogP contribution is 2.23. The van der Waals surface area contributed by atoms with Crippen LogP contribution in [0.2, 0.25) is 0 Å². The fourth-order valence-corrected chi connectivity index (χ4v) is 3.55. The number of H-pyrrole nitrogens is 1. The number of amides is 2. The molecule has 1 atom stereocenters. The molecule has 0 spiro atoms. The molecule has 1 aliphatic heterocycles. The summed E-state index contributed by atoms with van der Waals surface area (Å²) in [6.45, 7) is 1.59. The first-order valence-corrected chi connectivity index (χ1v) is 10.7. The first-order chi connectivity index (χ1) is 15.1. The summed E-state index contributed by atoms with van der Waals surface area (Å²) in [5.41, 5.74) is 2.43. The summed E-state index contributed by atoms with van der Waals surface area (Å²) >= 11 is 3.46. The molecular formula is C20H23BrN8O2. The van der Waals surface area contributed by atoms with Crippen LogP contribution in [0.1, 0.15) is 12.1 Å². The van der Waals surface area contributed by atoms with Gasteiger partial charge in [-0.2, -0.15) is 4.98 Å². The van der Waals surface area contributed by atoms with Crippen molar-refractivity contribution in [1.29, 1.82) is 0 Å². The summed E-state index contributed by atoms with van der Waals surface area (Å²) in [5.74, 6) is 1.10. The maximum atomic E-state index is 12.3. The Bertz CT molecular complexity index is 1030. The summed E-state index contributed by atoms with van der Waals surface area (Å²) in [5, 5.41) is 18.9. The quantitative estimate of drug-likeness (QED) is 0.346. The Labute approximate surface area is 187 Å². The van der Waals surface area contributed by atoms with Crippen LogP contribution in [-0.4, -0.2) is 61.7 Å². The molecule has 0 aliphatic carbocycles. The number of aliphatic hydroxyl groups is 1. The molecule has 31 heavy (non-hydrogen) atoms. The van der Waals surface area contributed by atoms with E-state index < -0.39 is 6.10 Å². The van der Waals surface area contributed by atoms with Crippen molar-refractivity contribution < 1.29 is 9.90 Å². The smallest absolute Gasteiger partial charge is 0.321 e. The summed E-state index contributed by atoms with van der Waals surface area (Å²) in [7, 11) is 0. The number of hydrogen-bond donors (Lipinski definition) is 5. The van der Waals surface area contributed by atoms with Crippen molar-refractivity contribution >= 4 is 45.1 Å². The molecule has 3 aromatic rings. The fraction of sp³-hybridized carbons (Fsp3) is 0.300. The number of hydrogen-bond acceptors (Lipinski definition) is 7. The Balaban J connectivity index is 1.37. The molecule has 0 bridgehead atoms. The highest BCUT2D eigenvalue weighted by Gasteiger charge is 2.24. The van der Waals surface area contributed by atoms with Crippen LogP contribution in [0.15, 0.2) is 47.5 Å². The third-order valence-corrected chi connectivity index (χ3v) is 5.39. The molecule has 0 unspecified atom stereocenters. The van der Waals surface area contributed by atoms with Gasteiger partial charge in [-0.25, -0.2) is 14.8 Å². The number of imidazole rings is 1. The van der Waals surface area contributed by atoms with E-state index in [9.17, 15) is 9.90 Å². The van der Waals surface area contributed by atoms with Crippen molar-refractivity contribution in [3.8, 4) is 0 Å². The lowest BCUT2D eigenvalue weighted by atomic mass is 10.3. The zero-order valence-electron chi connectivity index (χ0n) is 16.7. The lowest BCUT2D eigenvalue weighted by Crippen LogP contribution is -2.33. The van der Waals surface area contributed by atoms with Crippen LogP contribution in [0.4, 0.5) is 27.9 Å². The Hall–Kier alpha value is -3.18. The van der Waals surface area contributed by atoms with Gasteiger partial charge in [-0.3, -0.25) is 0 Å². The normalized spacial score (nSPS) is 15.7. The standard InChI is InChI=1S/C20H23BrN8O2/c21-17-10-24-19(28-18(17)23-6-4-15-9-22-12-25-15)26-13-2-1-3-14(8-13)27-20(31)29-7-5-16(30)11-29/h1-3,8-10,12,16,30H,4-7,11H2,(H,22,25)(H,27,31)(H2,23,24,26,28)/t16-/m1/s1. The second-order valence-corrected chi connectivity index (χ2v) is 8.02. The van der Waals surface area contributed by atoms with Crippen LogP contribution >= 0.6 is 15.9 Å². The maximum absolute atomic E-state index is 12.3. The lowest BCUT2D eigenvalue weighted by Gasteiger charge is -2.17. The summed E-state index contributed by atoms with van der Waals surface area (Å²) in [4.78, 5) is 29.8. The molecule has 162 valence electrons. The monoisotopic (exact) mass is 486 g/mol. The molecule has 2 amide bonds. The molecular weight excluding hydrogens is 464 g/mol. The topological polar surface area (TPSA) is 131 Å². The van der Waals surface area contributed by atoms with Gasteiger partial charge in [-0.1, -0.05) is 6.07 Å². The van der Waals surface area contributed by atoms with Gasteiger partial charge in [0.25, 0.3) is 0 Å². The first-order valence-electron chi connectivity index (χ1n) is 9.91. The minimum Gasteiger partial charge on any atom is -0.391 e. The van der Waals surface area contributed by atoms with Crippen molar-refractivity contribution in [2.75, 3.05) is 35.6 Å². The third kappa shape index (κ3) is 5.70. The number of rotatable bonds is 7. The molecule has 2 aromatic heterocycles. The van der Waals surface area contributed by atoms with Crippen molar-refractivity contribution in [3.63, 3.8) is 0 Å². The Morgan fingerprint density at radius 1 is 1.32 bits per heavy atom. The largest absolute Gasteiger partial charge is 0.391 e. The minimum absolute atomic E-state index is 0.225. The number of nitrogens with one attached hydrogen (secondary N) is 4. The zero-order chi connectivity index (χ0) is 21.6. The number of anilines is 4. The predicted molar refractivity (Wildman–Crippen MR) is 121 cm³/mol. The molecule has 10 nitrogen and oxygen atoms in total. The Kier molecular flexibility index (Phi) is 6.63. The van der Waals surface area contributed by atoms with E-state index in [1.807, 2.05) is 12.1 Å². The molecule has 3 heterocycles. The highest BCUT2D eigenvalue weighted by atomic mass is 79.9. The molecule has 5 N–H and O–H groups in total. The van der Waals surface area contributed by atoms with Gasteiger partial charge in [-0.05, 0) is 40.5 Å². The fourth-order valence-electron chi connectivity index (χ4n) is 3.22. The number of aromatic amines is 1. The van der Waals surface area contributed by atoms with Gasteiger partial charge in [0.15, 0.2) is 0 Å². The van der Waals surface area contributed by atoms with E-state index in [0.29, 0.717) is 43.5 Å². The molecule has 1 aliphatic rings. The number of likely N-dealkylation sites (tertiary alicyclic amines) is 1. The van der Waals surface area contributed by atoms with Crippen molar-refractivity contribution in [3.05, 3.63) is 53.2 Å². The number of carbonyl (C=O) groups is 1. The van der Waals surface area contributed by atoms with Crippen LogP contribution in [-0.2, 0) is 6.42 Å². The van der Waals surface area contributed by atoms with Crippen molar-refractivity contribution in [2.24, 2.45) is 0 Å². The van der Waals surface area contributed by atoms with Gasteiger partial charge >= 0.3 is 6.03 Å². The lowest BCUT2D eigenvalue weighted by molar-refractivity contribution is 0.176. The van der Waals surface area contributed by atoms with Gasteiger partial charge < -0.3 is 30.9 Å². The van der Waals surface area contributed by atoms with Gasteiger partial charge in [-0.15, -0.1) is 0 Å². The molecule has 1 saturated heterocycles. The van der Waals surface area contributed by atoms with E-state index >= 15 is 0 Å². The average Bonchev–Trinajstić information content (AvgIpc) is 3.42. The number of halogens is 1. The van der Waals surface area contributed by atoms with Crippen LogP contribution in [0.3, 0.4) is 0 Å². The first kappa shape index (κ1) is 21.1. The molecule has 11 heteroatoms. The third-order valence-electron chi connectivity index (χ3n) is 4.81. The molecule has 1 fully saturated rings.